The maximum atomic E-state index is 6.17. The van der Waals surface area contributed by atoms with Crippen molar-refractivity contribution in [2.24, 2.45) is 5.92 Å². The van der Waals surface area contributed by atoms with Crippen molar-refractivity contribution in [3.8, 4) is 0 Å². The Bertz CT molecular complexity index is 384. The molecule has 0 radical (unpaired) electrons. The number of halogens is 1. The minimum atomic E-state index is 0.854. The highest BCUT2D eigenvalue weighted by atomic mass is 35.5. The number of nitrogens with zero attached hydrogens (tertiary/aromatic N) is 1. The first-order valence-corrected chi connectivity index (χ1v) is 7.19. The number of rotatable bonds is 4. The Morgan fingerprint density at radius 2 is 2.06 bits per heavy atom. The Morgan fingerprint density at radius 1 is 1.33 bits per heavy atom. The minimum Gasteiger partial charge on any atom is -0.319 e. The first kappa shape index (κ1) is 13.9. The SMILES string of the molecule is CNCC1CCN(Cc2ccc(C)c(Cl)c2)CC1. The number of nitrogens with one attached hydrogen (secondary N) is 1. The topological polar surface area (TPSA) is 15.3 Å². The van der Waals surface area contributed by atoms with Crippen LogP contribution in [0.15, 0.2) is 18.2 Å². The van der Waals surface area contributed by atoms with Crippen molar-refractivity contribution in [1.29, 1.82) is 0 Å². The molecule has 18 heavy (non-hydrogen) atoms. The van der Waals surface area contributed by atoms with Crippen LogP contribution in [0.1, 0.15) is 24.0 Å². The van der Waals surface area contributed by atoms with E-state index < -0.39 is 0 Å². The first-order valence-electron chi connectivity index (χ1n) is 6.81. The minimum absolute atomic E-state index is 0.854. The van der Waals surface area contributed by atoms with Gasteiger partial charge in [-0.15, -0.1) is 0 Å². The van der Waals surface area contributed by atoms with Crippen LogP contribution in [0.25, 0.3) is 0 Å². The van der Waals surface area contributed by atoms with Crippen LogP contribution in [-0.4, -0.2) is 31.6 Å². The quantitative estimate of drug-likeness (QED) is 0.901. The molecule has 1 saturated heterocycles. The van der Waals surface area contributed by atoms with Crippen molar-refractivity contribution in [2.75, 3.05) is 26.7 Å². The number of piperidine rings is 1. The van der Waals surface area contributed by atoms with Gasteiger partial charge < -0.3 is 5.32 Å². The zero-order valence-electron chi connectivity index (χ0n) is 11.4. The second-order valence-corrected chi connectivity index (χ2v) is 5.77. The molecule has 2 rings (SSSR count). The lowest BCUT2D eigenvalue weighted by Gasteiger charge is -2.31. The number of hydrogen-bond acceptors (Lipinski definition) is 2. The summed E-state index contributed by atoms with van der Waals surface area (Å²) < 4.78 is 0. The molecule has 100 valence electrons. The van der Waals surface area contributed by atoms with Crippen LogP contribution in [0.5, 0.6) is 0 Å². The maximum absolute atomic E-state index is 6.17. The van der Waals surface area contributed by atoms with E-state index in [0.29, 0.717) is 0 Å². The first-order chi connectivity index (χ1) is 8.69. The molecule has 1 aliphatic rings. The highest BCUT2D eigenvalue weighted by Crippen LogP contribution is 2.21. The molecule has 0 amide bonds. The van der Waals surface area contributed by atoms with Crippen LogP contribution in [0.3, 0.4) is 0 Å². The second-order valence-electron chi connectivity index (χ2n) is 5.36. The van der Waals surface area contributed by atoms with Crippen molar-refractivity contribution in [1.82, 2.24) is 10.2 Å². The van der Waals surface area contributed by atoms with Gasteiger partial charge in [0.2, 0.25) is 0 Å². The van der Waals surface area contributed by atoms with Crippen LogP contribution in [0.2, 0.25) is 5.02 Å². The van der Waals surface area contributed by atoms with E-state index >= 15 is 0 Å². The summed E-state index contributed by atoms with van der Waals surface area (Å²) in [5.74, 6) is 0.854. The monoisotopic (exact) mass is 266 g/mol. The third kappa shape index (κ3) is 3.71. The van der Waals surface area contributed by atoms with Crippen LogP contribution in [0, 0.1) is 12.8 Å². The molecular formula is C15H23ClN2. The van der Waals surface area contributed by atoms with Gasteiger partial charge in [0.05, 0.1) is 0 Å². The van der Waals surface area contributed by atoms with Gasteiger partial charge in [0.25, 0.3) is 0 Å². The van der Waals surface area contributed by atoms with E-state index in [2.05, 4.69) is 35.3 Å². The van der Waals surface area contributed by atoms with Crippen LogP contribution >= 0.6 is 11.6 Å². The van der Waals surface area contributed by atoms with Gasteiger partial charge in [-0.05, 0) is 69.6 Å². The summed E-state index contributed by atoms with van der Waals surface area (Å²) in [5, 5.41) is 4.17. The summed E-state index contributed by atoms with van der Waals surface area (Å²) >= 11 is 6.17. The lowest BCUT2D eigenvalue weighted by molar-refractivity contribution is 0.177. The summed E-state index contributed by atoms with van der Waals surface area (Å²) in [6.45, 7) is 6.65. The average Bonchev–Trinajstić information content (AvgIpc) is 2.37. The van der Waals surface area contributed by atoms with Gasteiger partial charge in [0.15, 0.2) is 0 Å². The lowest BCUT2D eigenvalue weighted by Crippen LogP contribution is -2.36. The summed E-state index contributed by atoms with van der Waals surface area (Å²) in [6, 6.07) is 6.42. The van der Waals surface area contributed by atoms with E-state index in [0.717, 1.165) is 29.6 Å². The molecule has 2 nitrogen and oxygen atoms in total. The molecule has 0 bridgehead atoms. The molecule has 0 aliphatic carbocycles. The van der Waals surface area contributed by atoms with Gasteiger partial charge in [-0.25, -0.2) is 0 Å². The molecule has 0 atom stereocenters. The number of aryl methyl sites for hydroxylation is 1. The van der Waals surface area contributed by atoms with Crippen molar-refractivity contribution in [2.45, 2.75) is 26.3 Å². The molecule has 1 aromatic carbocycles. The molecule has 0 spiro atoms. The predicted molar refractivity (Wildman–Crippen MR) is 78.1 cm³/mol. The largest absolute Gasteiger partial charge is 0.319 e. The van der Waals surface area contributed by atoms with E-state index in [1.807, 2.05) is 7.05 Å². The van der Waals surface area contributed by atoms with E-state index in [-0.39, 0.29) is 0 Å². The Kier molecular flexibility index (Phi) is 5.04. The van der Waals surface area contributed by atoms with Crippen LogP contribution < -0.4 is 5.32 Å². The van der Waals surface area contributed by atoms with Crippen molar-refractivity contribution in [3.63, 3.8) is 0 Å². The molecule has 3 heteroatoms. The number of benzene rings is 1. The van der Waals surface area contributed by atoms with E-state index in [1.165, 1.54) is 31.5 Å². The van der Waals surface area contributed by atoms with Gasteiger partial charge >= 0.3 is 0 Å². The lowest BCUT2D eigenvalue weighted by atomic mass is 9.96. The van der Waals surface area contributed by atoms with E-state index in [4.69, 9.17) is 11.6 Å². The molecule has 1 N–H and O–H groups in total. The van der Waals surface area contributed by atoms with Gasteiger partial charge in [0.1, 0.15) is 0 Å². The zero-order chi connectivity index (χ0) is 13.0. The van der Waals surface area contributed by atoms with Gasteiger partial charge in [-0.3, -0.25) is 4.90 Å². The van der Waals surface area contributed by atoms with E-state index in [1.54, 1.807) is 0 Å². The highest BCUT2D eigenvalue weighted by Gasteiger charge is 2.18. The van der Waals surface area contributed by atoms with E-state index in [9.17, 15) is 0 Å². The number of likely N-dealkylation sites (tertiary alicyclic amines) is 1. The van der Waals surface area contributed by atoms with Crippen molar-refractivity contribution < 1.29 is 0 Å². The predicted octanol–water partition coefficient (Wildman–Crippen LogP) is 3.08. The third-order valence-corrected chi connectivity index (χ3v) is 4.25. The molecular weight excluding hydrogens is 244 g/mol. The second kappa shape index (κ2) is 6.55. The van der Waals surface area contributed by atoms with Crippen molar-refractivity contribution in [3.05, 3.63) is 34.3 Å². The molecule has 1 heterocycles. The fourth-order valence-corrected chi connectivity index (χ4v) is 2.83. The Hall–Kier alpha value is -0.570. The van der Waals surface area contributed by atoms with Crippen LogP contribution in [-0.2, 0) is 6.54 Å². The van der Waals surface area contributed by atoms with Crippen molar-refractivity contribution >= 4 is 11.6 Å². The third-order valence-electron chi connectivity index (χ3n) is 3.84. The zero-order valence-corrected chi connectivity index (χ0v) is 12.1. The Balaban J connectivity index is 1.85. The summed E-state index contributed by atoms with van der Waals surface area (Å²) in [5.41, 5.74) is 2.49. The fourth-order valence-electron chi connectivity index (χ4n) is 2.63. The maximum Gasteiger partial charge on any atom is 0.0438 e. The van der Waals surface area contributed by atoms with Crippen LogP contribution in [0.4, 0.5) is 0 Å². The fraction of sp³-hybridized carbons (Fsp3) is 0.600. The summed E-state index contributed by atoms with van der Waals surface area (Å²) in [6.07, 6.45) is 2.61. The Labute approximate surface area is 115 Å². The molecule has 1 aromatic rings. The van der Waals surface area contributed by atoms with Gasteiger partial charge in [0, 0.05) is 11.6 Å². The normalized spacial score (nSPS) is 18.2. The molecule has 0 unspecified atom stereocenters. The average molecular weight is 267 g/mol. The molecule has 1 fully saturated rings. The molecule has 1 aliphatic heterocycles. The summed E-state index contributed by atoms with van der Waals surface area (Å²) in [7, 11) is 2.04. The van der Waals surface area contributed by atoms with Gasteiger partial charge in [-0.1, -0.05) is 23.7 Å². The molecule has 0 saturated carbocycles. The number of hydrogen-bond donors (Lipinski definition) is 1. The standard InChI is InChI=1S/C15H23ClN2/c1-12-3-4-14(9-15(12)16)11-18-7-5-13(6-8-18)10-17-2/h3-4,9,13,17H,5-8,10-11H2,1-2H3. The molecule has 0 aromatic heterocycles. The Morgan fingerprint density at radius 3 is 2.67 bits per heavy atom. The highest BCUT2D eigenvalue weighted by molar-refractivity contribution is 6.31. The smallest absolute Gasteiger partial charge is 0.0438 e. The van der Waals surface area contributed by atoms with Gasteiger partial charge in [-0.2, -0.15) is 0 Å². The summed E-state index contributed by atoms with van der Waals surface area (Å²) in [4.78, 5) is 2.53.